The predicted octanol–water partition coefficient (Wildman–Crippen LogP) is 2.64. The lowest BCUT2D eigenvalue weighted by Crippen LogP contribution is -2.33. The van der Waals surface area contributed by atoms with Gasteiger partial charge in [0.05, 0.1) is 0 Å². The van der Waals surface area contributed by atoms with Gasteiger partial charge in [0.1, 0.15) is 16.6 Å². The molecule has 1 fully saturated rings. The molecule has 3 N–H and O–H groups in total. The first-order valence-corrected chi connectivity index (χ1v) is 8.64. The lowest BCUT2D eigenvalue weighted by atomic mass is 9.92. The van der Waals surface area contributed by atoms with Crippen molar-refractivity contribution < 1.29 is 0 Å². The Morgan fingerprint density at radius 1 is 1.21 bits per heavy atom. The van der Waals surface area contributed by atoms with E-state index in [2.05, 4.69) is 34.5 Å². The van der Waals surface area contributed by atoms with Crippen LogP contribution in [-0.2, 0) is 0 Å². The monoisotopic (exact) mass is 325 g/mol. The molecule has 0 radical (unpaired) electrons. The van der Waals surface area contributed by atoms with E-state index in [0.717, 1.165) is 47.6 Å². The van der Waals surface area contributed by atoms with E-state index in [1.807, 2.05) is 23.0 Å². The minimum absolute atomic E-state index is 0.229. The molecule has 24 heavy (non-hydrogen) atoms. The Kier molecular flexibility index (Phi) is 3.80. The Morgan fingerprint density at radius 2 is 2.00 bits per heavy atom. The van der Waals surface area contributed by atoms with E-state index in [9.17, 15) is 0 Å². The highest BCUT2D eigenvalue weighted by Crippen LogP contribution is 2.26. The number of aromatic nitrogens is 5. The molecule has 1 saturated carbocycles. The summed E-state index contributed by atoms with van der Waals surface area (Å²) in [5, 5.41) is 13.0. The van der Waals surface area contributed by atoms with Crippen molar-refractivity contribution in [2.24, 2.45) is 5.73 Å². The Bertz CT molecular complexity index is 862. The fraction of sp³-hybridized carbons (Fsp3) is 0.529. The van der Waals surface area contributed by atoms with Gasteiger partial charge in [0.15, 0.2) is 0 Å². The van der Waals surface area contributed by atoms with Crippen molar-refractivity contribution >= 4 is 27.9 Å². The van der Waals surface area contributed by atoms with E-state index < -0.39 is 0 Å². The number of hydrogen-bond acceptors (Lipinski definition) is 6. The SMILES string of the molecule is CC(C)n1nnc2ccc3cnc(N[C@H]4CC[C@H](N)CC4)nc3c21. The van der Waals surface area contributed by atoms with Crippen LogP contribution in [0.15, 0.2) is 18.3 Å². The Balaban J connectivity index is 1.73. The molecule has 1 aliphatic carbocycles. The van der Waals surface area contributed by atoms with Crippen molar-refractivity contribution in [1.29, 1.82) is 0 Å². The number of fused-ring (bicyclic) bond motifs is 3. The maximum atomic E-state index is 5.98. The van der Waals surface area contributed by atoms with Gasteiger partial charge >= 0.3 is 0 Å². The third-order valence-electron chi connectivity index (χ3n) is 4.78. The summed E-state index contributed by atoms with van der Waals surface area (Å²) in [6.45, 7) is 4.19. The molecule has 4 rings (SSSR count). The van der Waals surface area contributed by atoms with Crippen LogP contribution >= 0.6 is 0 Å². The van der Waals surface area contributed by atoms with Crippen molar-refractivity contribution in [2.45, 2.75) is 57.7 Å². The molecule has 7 nitrogen and oxygen atoms in total. The van der Waals surface area contributed by atoms with Gasteiger partial charge in [-0.05, 0) is 51.7 Å². The number of rotatable bonds is 3. The van der Waals surface area contributed by atoms with Crippen LogP contribution in [0.1, 0.15) is 45.6 Å². The molecule has 2 heterocycles. The molecule has 0 atom stereocenters. The van der Waals surface area contributed by atoms with Gasteiger partial charge in [-0.25, -0.2) is 14.6 Å². The predicted molar refractivity (Wildman–Crippen MR) is 94.9 cm³/mol. The van der Waals surface area contributed by atoms with Crippen molar-refractivity contribution in [2.75, 3.05) is 5.32 Å². The number of nitrogens with zero attached hydrogens (tertiary/aromatic N) is 5. The smallest absolute Gasteiger partial charge is 0.223 e. The maximum Gasteiger partial charge on any atom is 0.223 e. The summed E-state index contributed by atoms with van der Waals surface area (Å²) >= 11 is 0. The number of hydrogen-bond donors (Lipinski definition) is 2. The number of benzene rings is 1. The molecule has 126 valence electrons. The second-order valence-corrected chi connectivity index (χ2v) is 6.95. The molecule has 0 bridgehead atoms. The third kappa shape index (κ3) is 2.69. The molecule has 3 aromatic rings. The van der Waals surface area contributed by atoms with Crippen molar-refractivity contribution in [3.63, 3.8) is 0 Å². The van der Waals surface area contributed by atoms with Gasteiger partial charge in [-0.1, -0.05) is 5.21 Å². The fourth-order valence-electron chi connectivity index (χ4n) is 3.40. The summed E-state index contributed by atoms with van der Waals surface area (Å²) in [6.07, 6.45) is 6.12. The van der Waals surface area contributed by atoms with Gasteiger partial charge in [-0.3, -0.25) is 0 Å². The van der Waals surface area contributed by atoms with Gasteiger partial charge in [0, 0.05) is 29.7 Å². The molecule has 0 unspecified atom stereocenters. The standard InChI is InChI=1S/C17H23N7/c1-10(2)24-16-14(22-23-24)8-3-11-9-19-17(21-15(11)16)20-13-6-4-12(18)5-7-13/h3,8-10,12-13H,4-7,18H2,1-2H3,(H,19,20,21)/t12-,13-. The second kappa shape index (κ2) is 5.98. The average Bonchev–Trinajstić information content (AvgIpc) is 3.02. The van der Waals surface area contributed by atoms with Gasteiger partial charge < -0.3 is 11.1 Å². The van der Waals surface area contributed by atoms with E-state index in [4.69, 9.17) is 10.7 Å². The quantitative estimate of drug-likeness (QED) is 0.769. The molecule has 1 aliphatic rings. The first-order chi connectivity index (χ1) is 11.6. The Morgan fingerprint density at radius 3 is 2.75 bits per heavy atom. The van der Waals surface area contributed by atoms with E-state index in [1.165, 1.54) is 0 Å². The molecular formula is C17H23N7. The number of anilines is 1. The maximum absolute atomic E-state index is 5.98. The molecular weight excluding hydrogens is 302 g/mol. The van der Waals surface area contributed by atoms with Crippen LogP contribution in [0.25, 0.3) is 21.9 Å². The van der Waals surface area contributed by atoms with Crippen LogP contribution in [0.5, 0.6) is 0 Å². The van der Waals surface area contributed by atoms with Crippen LogP contribution < -0.4 is 11.1 Å². The summed E-state index contributed by atoms with van der Waals surface area (Å²) in [6, 6.07) is 4.94. The van der Waals surface area contributed by atoms with E-state index >= 15 is 0 Å². The van der Waals surface area contributed by atoms with Crippen LogP contribution in [-0.4, -0.2) is 37.0 Å². The normalized spacial score (nSPS) is 21.7. The van der Waals surface area contributed by atoms with Gasteiger partial charge in [0.2, 0.25) is 5.95 Å². The summed E-state index contributed by atoms with van der Waals surface area (Å²) in [4.78, 5) is 9.26. The zero-order valence-corrected chi connectivity index (χ0v) is 14.1. The summed E-state index contributed by atoms with van der Waals surface area (Å²) in [7, 11) is 0. The van der Waals surface area contributed by atoms with Gasteiger partial charge in [-0.2, -0.15) is 0 Å². The molecule has 0 saturated heterocycles. The molecule has 1 aromatic carbocycles. The minimum Gasteiger partial charge on any atom is -0.351 e. The van der Waals surface area contributed by atoms with Crippen molar-refractivity contribution in [3.8, 4) is 0 Å². The summed E-state index contributed by atoms with van der Waals surface area (Å²) in [5.74, 6) is 0.673. The molecule has 2 aromatic heterocycles. The highest BCUT2D eigenvalue weighted by molar-refractivity contribution is 6.01. The minimum atomic E-state index is 0.229. The highest BCUT2D eigenvalue weighted by atomic mass is 15.4. The van der Waals surface area contributed by atoms with E-state index in [0.29, 0.717) is 18.0 Å². The van der Waals surface area contributed by atoms with E-state index in [1.54, 1.807) is 0 Å². The summed E-state index contributed by atoms with van der Waals surface area (Å²) in [5.41, 5.74) is 8.72. The largest absolute Gasteiger partial charge is 0.351 e. The lowest BCUT2D eigenvalue weighted by Gasteiger charge is -2.26. The number of nitrogens with one attached hydrogen (secondary N) is 1. The van der Waals surface area contributed by atoms with Crippen LogP contribution in [0.3, 0.4) is 0 Å². The highest BCUT2D eigenvalue weighted by Gasteiger charge is 2.19. The van der Waals surface area contributed by atoms with Gasteiger partial charge in [0.25, 0.3) is 0 Å². The zero-order valence-electron chi connectivity index (χ0n) is 14.1. The molecule has 0 spiro atoms. The second-order valence-electron chi connectivity index (χ2n) is 6.95. The van der Waals surface area contributed by atoms with Gasteiger partial charge in [-0.15, -0.1) is 5.10 Å². The fourth-order valence-corrected chi connectivity index (χ4v) is 3.40. The first kappa shape index (κ1) is 15.3. The third-order valence-corrected chi connectivity index (χ3v) is 4.78. The Hall–Kier alpha value is -2.28. The molecule has 7 heteroatoms. The lowest BCUT2D eigenvalue weighted by molar-refractivity contribution is 0.410. The van der Waals surface area contributed by atoms with Crippen molar-refractivity contribution in [3.05, 3.63) is 18.3 Å². The first-order valence-electron chi connectivity index (χ1n) is 8.64. The van der Waals surface area contributed by atoms with Crippen LogP contribution in [0.4, 0.5) is 5.95 Å². The van der Waals surface area contributed by atoms with Crippen LogP contribution in [0.2, 0.25) is 0 Å². The van der Waals surface area contributed by atoms with Crippen molar-refractivity contribution in [1.82, 2.24) is 25.0 Å². The topological polar surface area (TPSA) is 94.5 Å². The Labute approximate surface area is 140 Å². The molecule has 0 amide bonds. The van der Waals surface area contributed by atoms with E-state index in [-0.39, 0.29) is 6.04 Å². The zero-order chi connectivity index (χ0) is 16.7. The van der Waals surface area contributed by atoms with Crippen LogP contribution in [0, 0.1) is 0 Å². The molecule has 0 aliphatic heterocycles. The average molecular weight is 325 g/mol. The number of nitrogens with two attached hydrogens (primary N) is 1. The summed E-state index contributed by atoms with van der Waals surface area (Å²) < 4.78 is 1.92.